The SMILES string of the molecule is C=CCOc1cccc(C(=O)N2CCN(c3cccc(Cl)c3)CC2)c1. The van der Waals surface area contributed by atoms with Crippen molar-refractivity contribution in [1.82, 2.24) is 4.90 Å². The minimum Gasteiger partial charge on any atom is -0.490 e. The summed E-state index contributed by atoms with van der Waals surface area (Å²) >= 11 is 6.07. The van der Waals surface area contributed by atoms with Crippen LogP contribution < -0.4 is 9.64 Å². The Balaban J connectivity index is 1.62. The molecule has 1 fully saturated rings. The zero-order valence-corrected chi connectivity index (χ0v) is 14.8. The largest absolute Gasteiger partial charge is 0.490 e. The monoisotopic (exact) mass is 356 g/mol. The second kappa shape index (κ2) is 8.08. The lowest BCUT2D eigenvalue weighted by molar-refractivity contribution is 0.0746. The number of hydrogen-bond acceptors (Lipinski definition) is 3. The summed E-state index contributed by atoms with van der Waals surface area (Å²) in [5.74, 6) is 0.720. The number of amides is 1. The van der Waals surface area contributed by atoms with E-state index in [1.807, 2.05) is 47.4 Å². The molecule has 1 amide bonds. The van der Waals surface area contributed by atoms with Crippen LogP contribution in [0.1, 0.15) is 10.4 Å². The lowest BCUT2D eigenvalue weighted by atomic mass is 10.1. The molecule has 0 saturated carbocycles. The van der Waals surface area contributed by atoms with Gasteiger partial charge in [-0.3, -0.25) is 4.79 Å². The molecule has 0 unspecified atom stereocenters. The van der Waals surface area contributed by atoms with Crippen LogP contribution in [-0.4, -0.2) is 43.6 Å². The summed E-state index contributed by atoms with van der Waals surface area (Å²) in [5, 5.41) is 0.729. The Hall–Kier alpha value is -2.46. The summed E-state index contributed by atoms with van der Waals surface area (Å²) in [6.07, 6.45) is 1.68. The number of piperazine rings is 1. The van der Waals surface area contributed by atoms with Gasteiger partial charge < -0.3 is 14.5 Å². The Kier molecular flexibility index (Phi) is 5.61. The van der Waals surface area contributed by atoms with Gasteiger partial charge in [-0.25, -0.2) is 0 Å². The third-order valence-corrected chi connectivity index (χ3v) is 4.42. The van der Waals surface area contributed by atoms with Gasteiger partial charge in [0, 0.05) is 42.5 Å². The third-order valence-electron chi connectivity index (χ3n) is 4.19. The topological polar surface area (TPSA) is 32.8 Å². The third kappa shape index (κ3) is 4.34. The maximum absolute atomic E-state index is 12.7. The maximum Gasteiger partial charge on any atom is 0.254 e. The molecular formula is C20H21ClN2O2. The zero-order valence-electron chi connectivity index (χ0n) is 14.0. The van der Waals surface area contributed by atoms with Crippen LogP contribution in [0.15, 0.2) is 61.2 Å². The lowest BCUT2D eigenvalue weighted by Gasteiger charge is -2.36. The molecule has 4 nitrogen and oxygen atoms in total. The first-order valence-electron chi connectivity index (χ1n) is 8.31. The van der Waals surface area contributed by atoms with Crippen molar-refractivity contribution in [1.29, 1.82) is 0 Å². The lowest BCUT2D eigenvalue weighted by Crippen LogP contribution is -2.48. The molecule has 1 heterocycles. The van der Waals surface area contributed by atoms with E-state index in [2.05, 4.69) is 11.5 Å². The number of hydrogen-bond donors (Lipinski definition) is 0. The van der Waals surface area contributed by atoms with E-state index in [9.17, 15) is 4.79 Å². The molecule has 0 N–H and O–H groups in total. The minimum atomic E-state index is 0.0368. The normalized spacial score (nSPS) is 14.3. The fourth-order valence-electron chi connectivity index (χ4n) is 2.90. The second-order valence-corrected chi connectivity index (χ2v) is 6.32. The van der Waals surface area contributed by atoms with E-state index in [4.69, 9.17) is 16.3 Å². The fraction of sp³-hybridized carbons (Fsp3) is 0.250. The summed E-state index contributed by atoms with van der Waals surface area (Å²) in [4.78, 5) is 16.9. The van der Waals surface area contributed by atoms with E-state index in [1.165, 1.54) is 0 Å². The van der Waals surface area contributed by atoms with Crippen LogP contribution >= 0.6 is 11.6 Å². The van der Waals surface area contributed by atoms with Crippen LogP contribution in [-0.2, 0) is 0 Å². The van der Waals surface area contributed by atoms with Gasteiger partial charge in [0.15, 0.2) is 0 Å². The summed E-state index contributed by atoms with van der Waals surface area (Å²) in [6, 6.07) is 15.1. The van der Waals surface area contributed by atoms with E-state index >= 15 is 0 Å². The standard InChI is InChI=1S/C20H21ClN2O2/c1-2-13-25-19-8-3-5-16(14-19)20(24)23-11-9-22(10-12-23)18-7-4-6-17(21)15-18/h2-8,14-15H,1,9-13H2. The summed E-state index contributed by atoms with van der Waals surface area (Å²) in [7, 11) is 0. The maximum atomic E-state index is 12.7. The van der Waals surface area contributed by atoms with Gasteiger partial charge in [-0.05, 0) is 36.4 Å². The van der Waals surface area contributed by atoms with Gasteiger partial charge in [0.2, 0.25) is 0 Å². The van der Waals surface area contributed by atoms with Gasteiger partial charge in [-0.1, -0.05) is 36.4 Å². The number of carbonyl (C=O) groups excluding carboxylic acids is 1. The number of halogens is 1. The van der Waals surface area contributed by atoms with Crippen molar-refractivity contribution >= 4 is 23.2 Å². The summed E-state index contributed by atoms with van der Waals surface area (Å²) in [6.45, 7) is 7.01. The number of ether oxygens (including phenoxy) is 1. The van der Waals surface area contributed by atoms with Gasteiger partial charge in [-0.2, -0.15) is 0 Å². The summed E-state index contributed by atoms with van der Waals surface area (Å²) in [5.41, 5.74) is 1.75. The molecule has 0 aromatic heterocycles. The Morgan fingerprint density at radius 3 is 2.60 bits per heavy atom. The van der Waals surface area contributed by atoms with Gasteiger partial charge in [-0.15, -0.1) is 0 Å². The van der Waals surface area contributed by atoms with Crippen molar-refractivity contribution in [3.05, 3.63) is 71.8 Å². The molecular weight excluding hydrogens is 336 g/mol. The fourth-order valence-corrected chi connectivity index (χ4v) is 3.08. The van der Waals surface area contributed by atoms with Crippen molar-refractivity contribution in [3.8, 4) is 5.75 Å². The number of nitrogens with zero attached hydrogens (tertiary/aromatic N) is 2. The Labute approximate surface area is 153 Å². The molecule has 1 saturated heterocycles. The average Bonchev–Trinajstić information content (AvgIpc) is 2.66. The van der Waals surface area contributed by atoms with Gasteiger partial charge in [0.25, 0.3) is 5.91 Å². The van der Waals surface area contributed by atoms with E-state index in [0.29, 0.717) is 31.0 Å². The zero-order chi connectivity index (χ0) is 17.6. The Bertz CT molecular complexity index is 755. The first kappa shape index (κ1) is 17.4. The molecule has 0 spiro atoms. The summed E-state index contributed by atoms with van der Waals surface area (Å²) < 4.78 is 5.51. The predicted molar refractivity (Wildman–Crippen MR) is 102 cm³/mol. The van der Waals surface area contributed by atoms with Crippen LogP contribution in [0.2, 0.25) is 5.02 Å². The molecule has 1 aliphatic heterocycles. The first-order valence-corrected chi connectivity index (χ1v) is 8.69. The molecule has 0 atom stereocenters. The van der Waals surface area contributed by atoms with Crippen molar-refractivity contribution in [2.24, 2.45) is 0 Å². The Morgan fingerprint density at radius 1 is 1.12 bits per heavy atom. The number of benzene rings is 2. The molecule has 0 bridgehead atoms. The molecule has 0 radical (unpaired) electrons. The number of anilines is 1. The molecule has 2 aromatic carbocycles. The number of rotatable bonds is 5. The average molecular weight is 357 g/mol. The van der Waals surface area contributed by atoms with E-state index in [0.717, 1.165) is 23.8 Å². The highest BCUT2D eigenvalue weighted by Gasteiger charge is 2.22. The molecule has 2 aromatic rings. The highest BCUT2D eigenvalue weighted by Crippen LogP contribution is 2.22. The van der Waals surface area contributed by atoms with Crippen molar-refractivity contribution in [2.75, 3.05) is 37.7 Å². The Morgan fingerprint density at radius 2 is 1.88 bits per heavy atom. The van der Waals surface area contributed by atoms with Gasteiger partial charge >= 0.3 is 0 Å². The van der Waals surface area contributed by atoms with Gasteiger partial charge in [0.1, 0.15) is 12.4 Å². The molecule has 25 heavy (non-hydrogen) atoms. The van der Waals surface area contributed by atoms with Crippen LogP contribution in [0.3, 0.4) is 0 Å². The van der Waals surface area contributed by atoms with E-state index in [-0.39, 0.29) is 5.91 Å². The van der Waals surface area contributed by atoms with E-state index < -0.39 is 0 Å². The van der Waals surface area contributed by atoms with E-state index in [1.54, 1.807) is 12.1 Å². The van der Waals surface area contributed by atoms with Crippen LogP contribution in [0.4, 0.5) is 5.69 Å². The van der Waals surface area contributed by atoms with Crippen LogP contribution in [0, 0.1) is 0 Å². The highest BCUT2D eigenvalue weighted by atomic mass is 35.5. The second-order valence-electron chi connectivity index (χ2n) is 5.89. The molecule has 130 valence electrons. The van der Waals surface area contributed by atoms with Crippen molar-refractivity contribution < 1.29 is 9.53 Å². The minimum absolute atomic E-state index is 0.0368. The smallest absolute Gasteiger partial charge is 0.254 e. The number of carbonyl (C=O) groups is 1. The molecule has 5 heteroatoms. The molecule has 1 aliphatic rings. The van der Waals surface area contributed by atoms with Crippen molar-refractivity contribution in [3.63, 3.8) is 0 Å². The quantitative estimate of drug-likeness (QED) is 0.762. The first-order chi connectivity index (χ1) is 12.2. The predicted octanol–water partition coefficient (Wildman–Crippen LogP) is 3.87. The highest BCUT2D eigenvalue weighted by molar-refractivity contribution is 6.30. The molecule has 0 aliphatic carbocycles. The van der Waals surface area contributed by atoms with Crippen LogP contribution in [0.5, 0.6) is 5.75 Å². The van der Waals surface area contributed by atoms with Gasteiger partial charge in [0.05, 0.1) is 0 Å². The van der Waals surface area contributed by atoms with Crippen molar-refractivity contribution in [2.45, 2.75) is 0 Å². The van der Waals surface area contributed by atoms with Crippen LogP contribution in [0.25, 0.3) is 0 Å². The molecule has 3 rings (SSSR count).